The molecule has 0 fully saturated rings. The third-order valence-electron chi connectivity index (χ3n) is 1.63. The van der Waals surface area contributed by atoms with Crippen LogP contribution in [0, 0.1) is 6.92 Å². The minimum atomic E-state index is 0.214. The highest BCUT2D eigenvalue weighted by atomic mass is 16.1. The average molecular weight is 189 g/mol. The van der Waals surface area contributed by atoms with Crippen LogP contribution < -0.4 is 0 Å². The van der Waals surface area contributed by atoms with Crippen LogP contribution in [-0.2, 0) is 0 Å². The lowest BCUT2D eigenvalue weighted by Crippen LogP contribution is -2.02. The van der Waals surface area contributed by atoms with Gasteiger partial charge in [-0.2, -0.15) is 0 Å². The number of aromatic nitrogens is 5. The van der Waals surface area contributed by atoms with Gasteiger partial charge in [0.05, 0.1) is 11.9 Å². The van der Waals surface area contributed by atoms with Crippen molar-refractivity contribution in [1.29, 1.82) is 0 Å². The van der Waals surface area contributed by atoms with Crippen LogP contribution in [0.5, 0.6) is 0 Å². The molecule has 2 aromatic heterocycles. The van der Waals surface area contributed by atoms with E-state index in [2.05, 4.69) is 20.2 Å². The Morgan fingerprint density at radius 1 is 1.36 bits per heavy atom. The van der Waals surface area contributed by atoms with Crippen LogP contribution in [0.2, 0.25) is 0 Å². The molecule has 0 N–H and O–H groups in total. The number of aryl methyl sites for hydroxylation is 1. The molecule has 0 aliphatic rings. The van der Waals surface area contributed by atoms with Crippen LogP contribution in [0.25, 0.3) is 5.95 Å². The van der Waals surface area contributed by atoms with Gasteiger partial charge in [-0.25, -0.2) is 9.97 Å². The second-order valence-electron chi connectivity index (χ2n) is 2.72. The number of hydrogen-bond donors (Lipinski definition) is 0. The summed E-state index contributed by atoms with van der Waals surface area (Å²) >= 11 is 0. The van der Waals surface area contributed by atoms with Gasteiger partial charge in [-0.3, -0.25) is 9.36 Å². The minimum absolute atomic E-state index is 0.214. The number of carbonyl (C=O) groups is 1. The Hall–Kier alpha value is -2.11. The molecule has 0 bridgehead atoms. The van der Waals surface area contributed by atoms with Crippen LogP contribution in [0.4, 0.5) is 0 Å². The first-order chi connectivity index (χ1) is 6.79. The van der Waals surface area contributed by atoms with Gasteiger partial charge in [0.15, 0.2) is 6.29 Å². The maximum atomic E-state index is 10.3. The zero-order valence-corrected chi connectivity index (χ0v) is 7.45. The summed E-state index contributed by atoms with van der Waals surface area (Å²) in [5.74, 6) is 0.399. The SMILES string of the molecule is Cc1cn(-c2ncc(C=O)nn2)cn1. The van der Waals surface area contributed by atoms with Crippen molar-refractivity contribution in [3.05, 3.63) is 30.1 Å². The normalized spacial score (nSPS) is 10.1. The van der Waals surface area contributed by atoms with Gasteiger partial charge in [0, 0.05) is 6.20 Å². The maximum absolute atomic E-state index is 10.3. The van der Waals surface area contributed by atoms with Crippen LogP contribution in [0.1, 0.15) is 16.2 Å². The van der Waals surface area contributed by atoms with Crippen molar-refractivity contribution in [3.8, 4) is 5.95 Å². The quantitative estimate of drug-likeness (QED) is 0.630. The van der Waals surface area contributed by atoms with Crippen molar-refractivity contribution < 1.29 is 4.79 Å². The van der Waals surface area contributed by atoms with E-state index in [1.54, 1.807) is 17.1 Å². The Labute approximate surface area is 79.6 Å². The van der Waals surface area contributed by atoms with E-state index in [9.17, 15) is 4.79 Å². The molecule has 6 heteroatoms. The van der Waals surface area contributed by atoms with E-state index < -0.39 is 0 Å². The lowest BCUT2D eigenvalue weighted by molar-refractivity contribution is 0.111. The van der Waals surface area contributed by atoms with Crippen molar-refractivity contribution in [2.45, 2.75) is 6.92 Å². The summed E-state index contributed by atoms with van der Waals surface area (Å²) < 4.78 is 1.64. The first-order valence-corrected chi connectivity index (χ1v) is 3.95. The van der Waals surface area contributed by atoms with Gasteiger partial charge in [0.25, 0.3) is 5.95 Å². The summed E-state index contributed by atoms with van der Waals surface area (Å²) in [6, 6.07) is 0. The lowest BCUT2D eigenvalue weighted by Gasteiger charge is -1.96. The highest BCUT2D eigenvalue weighted by Gasteiger charge is 2.01. The summed E-state index contributed by atoms with van der Waals surface area (Å²) in [6.07, 6.45) is 5.33. The van der Waals surface area contributed by atoms with E-state index in [0.717, 1.165) is 5.69 Å². The molecule has 70 valence electrons. The van der Waals surface area contributed by atoms with Crippen molar-refractivity contribution in [2.75, 3.05) is 0 Å². The molecule has 2 heterocycles. The molecule has 0 spiro atoms. The Balaban J connectivity index is 2.38. The molecule has 2 rings (SSSR count). The molecule has 6 nitrogen and oxygen atoms in total. The molecule has 0 unspecified atom stereocenters. The number of nitrogens with zero attached hydrogens (tertiary/aromatic N) is 5. The molecule has 14 heavy (non-hydrogen) atoms. The van der Waals surface area contributed by atoms with E-state index in [1.165, 1.54) is 6.20 Å². The smallest absolute Gasteiger partial charge is 0.254 e. The largest absolute Gasteiger partial charge is 0.296 e. The molecule has 0 amide bonds. The molecule has 0 radical (unpaired) electrons. The van der Waals surface area contributed by atoms with Gasteiger partial charge < -0.3 is 0 Å². The molecule has 0 saturated heterocycles. The van der Waals surface area contributed by atoms with E-state index in [-0.39, 0.29) is 5.69 Å². The fourth-order valence-corrected chi connectivity index (χ4v) is 0.981. The first-order valence-electron chi connectivity index (χ1n) is 3.95. The van der Waals surface area contributed by atoms with Crippen molar-refractivity contribution in [1.82, 2.24) is 24.7 Å². The summed E-state index contributed by atoms with van der Waals surface area (Å²) in [4.78, 5) is 18.3. The molecular weight excluding hydrogens is 182 g/mol. The third-order valence-corrected chi connectivity index (χ3v) is 1.63. The van der Waals surface area contributed by atoms with Crippen molar-refractivity contribution >= 4 is 6.29 Å². The third kappa shape index (κ3) is 1.49. The predicted octanol–water partition coefficient (Wildman–Crippen LogP) is 0.178. The van der Waals surface area contributed by atoms with Gasteiger partial charge in [-0.1, -0.05) is 0 Å². The first kappa shape index (κ1) is 8.49. The van der Waals surface area contributed by atoms with E-state index in [0.29, 0.717) is 12.2 Å². The summed E-state index contributed by atoms with van der Waals surface area (Å²) in [5, 5.41) is 7.42. The van der Waals surface area contributed by atoms with Crippen LogP contribution in [0.3, 0.4) is 0 Å². The highest BCUT2D eigenvalue weighted by molar-refractivity contribution is 5.70. The van der Waals surface area contributed by atoms with Gasteiger partial charge >= 0.3 is 0 Å². The second kappa shape index (κ2) is 3.33. The summed E-state index contributed by atoms with van der Waals surface area (Å²) in [7, 11) is 0. The Bertz CT molecular complexity index is 447. The summed E-state index contributed by atoms with van der Waals surface area (Å²) in [5.41, 5.74) is 1.08. The molecule has 0 aliphatic heterocycles. The van der Waals surface area contributed by atoms with Gasteiger partial charge in [0.2, 0.25) is 0 Å². The fourth-order valence-electron chi connectivity index (χ4n) is 0.981. The van der Waals surface area contributed by atoms with Crippen LogP contribution in [-0.4, -0.2) is 31.0 Å². The lowest BCUT2D eigenvalue weighted by atomic mass is 10.5. The number of hydrogen-bond acceptors (Lipinski definition) is 5. The Kier molecular flexibility index (Phi) is 2.02. The maximum Gasteiger partial charge on any atom is 0.254 e. The van der Waals surface area contributed by atoms with Crippen molar-refractivity contribution in [3.63, 3.8) is 0 Å². The fraction of sp³-hybridized carbons (Fsp3) is 0.125. The van der Waals surface area contributed by atoms with Crippen LogP contribution in [0.15, 0.2) is 18.7 Å². The minimum Gasteiger partial charge on any atom is -0.296 e. The van der Waals surface area contributed by atoms with E-state index in [4.69, 9.17) is 0 Å². The topological polar surface area (TPSA) is 73.6 Å². The monoisotopic (exact) mass is 189 g/mol. The molecule has 0 aromatic carbocycles. The Morgan fingerprint density at radius 3 is 2.71 bits per heavy atom. The molecule has 0 atom stereocenters. The molecular formula is C8H7N5O. The molecule has 2 aromatic rings. The zero-order valence-electron chi connectivity index (χ0n) is 7.45. The standard InChI is InChI=1S/C8H7N5O/c1-6-3-13(5-10-6)8-9-2-7(4-14)11-12-8/h2-5H,1H3. The highest BCUT2D eigenvalue weighted by Crippen LogP contribution is 2.00. The van der Waals surface area contributed by atoms with E-state index >= 15 is 0 Å². The number of imidazole rings is 1. The number of carbonyl (C=O) groups excluding carboxylic acids is 1. The van der Waals surface area contributed by atoms with Crippen LogP contribution >= 0.6 is 0 Å². The predicted molar refractivity (Wildman–Crippen MR) is 47.1 cm³/mol. The van der Waals surface area contributed by atoms with E-state index in [1.807, 2.05) is 6.92 Å². The molecule has 0 saturated carbocycles. The zero-order chi connectivity index (χ0) is 9.97. The second-order valence-corrected chi connectivity index (χ2v) is 2.72. The van der Waals surface area contributed by atoms with Gasteiger partial charge in [-0.05, 0) is 6.92 Å². The van der Waals surface area contributed by atoms with Crippen molar-refractivity contribution in [2.24, 2.45) is 0 Å². The summed E-state index contributed by atoms with van der Waals surface area (Å²) in [6.45, 7) is 1.86. The van der Waals surface area contributed by atoms with Gasteiger partial charge in [0.1, 0.15) is 12.0 Å². The average Bonchev–Trinajstić information content (AvgIpc) is 2.65. The number of aldehydes is 1. The number of rotatable bonds is 2. The van der Waals surface area contributed by atoms with Gasteiger partial charge in [-0.15, -0.1) is 10.2 Å². The molecule has 0 aliphatic carbocycles. The Morgan fingerprint density at radius 2 is 2.21 bits per heavy atom.